The molecule has 0 bridgehead atoms. The van der Waals surface area contributed by atoms with E-state index in [2.05, 4.69) is 24.8 Å². The lowest BCUT2D eigenvalue weighted by molar-refractivity contribution is 0.335. The summed E-state index contributed by atoms with van der Waals surface area (Å²) in [6.07, 6.45) is 3.95. The molecule has 214 valence electrons. The van der Waals surface area contributed by atoms with Crippen molar-refractivity contribution in [3.8, 4) is 28.6 Å². The van der Waals surface area contributed by atoms with Crippen LogP contribution in [0.15, 0.2) is 58.4 Å². The SMILES string of the molecule is CCOc1cc(C)c(-c2nc3ccccc3c(=O)n2N=Cc2cc(OC)c(N3CCCC3)cc2OC)cc1C(C)C. The van der Waals surface area contributed by atoms with Crippen molar-refractivity contribution in [2.45, 2.75) is 46.5 Å². The van der Waals surface area contributed by atoms with E-state index in [-0.39, 0.29) is 11.5 Å². The van der Waals surface area contributed by atoms with Crippen LogP contribution in [0.5, 0.6) is 17.2 Å². The molecule has 1 aliphatic rings. The maximum Gasteiger partial charge on any atom is 0.282 e. The summed E-state index contributed by atoms with van der Waals surface area (Å²) >= 11 is 0. The van der Waals surface area contributed by atoms with Gasteiger partial charge in [0, 0.05) is 30.3 Å². The van der Waals surface area contributed by atoms with Crippen molar-refractivity contribution in [1.82, 2.24) is 9.66 Å². The standard InChI is InChI=1S/C33H38N4O4/c1-7-41-30-16-22(4)26(18-25(30)21(2)3)32-35-27-13-9-8-12-24(27)33(38)37(32)34-20-23-17-31(40-6)28(19-29(23)39-5)36-14-10-11-15-36/h8-9,12-13,16-21H,7,10-11,14-15H2,1-6H3. The number of rotatable bonds is 9. The Balaban J connectivity index is 1.69. The number of hydrogen-bond acceptors (Lipinski definition) is 7. The molecular weight excluding hydrogens is 516 g/mol. The molecule has 0 saturated carbocycles. The molecule has 8 nitrogen and oxygen atoms in total. The van der Waals surface area contributed by atoms with Crippen LogP contribution in [0.1, 0.15) is 56.2 Å². The third-order valence-corrected chi connectivity index (χ3v) is 7.56. The van der Waals surface area contributed by atoms with Crippen LogP contribution >= 0.6 is 0 Å². The fraction of sp³-hybridized carbons (Fsp3) is 0.364. The number of methoxy groups -OCH3 is 2. The maximum atomic E-state index is 13.9. The molecule has 0 atom stereocenters. The van der Waals surface area contributed by atoms with Crippen molar-refractivity contribution in [3.05, 3.63) is 75.6 Å². The zero-order valence-electron chi connectivity index (χ0n) is 24.7. The van der Waals surface area contributed by atoms with Gasteiger partial charge >= 0.3 is 0 Å². The van der Waals surface area contributed by atoms with Crippen molar-refractivity contribution < 1.29 is 14.2 Å². The first-order valence-electron chi connectivity index (χ1n) is 14.2. The highest BCUT2D eigenvalue weighted by atomic mass is 16.5. The Bertz CT molecular complexity index is 1650. The monoisotopic (exact) mass is 554 g/mol. The molecule has 1 aromatic heterocycles. The van der Waals surface area contributed by atoms with E-state index in [1.807, 2.05) is 50.2 Å². The topological polar surface area (TPSA) is 78.2 Å². The number of aryl methyl sites for hydroxylation is 1. The molecule has 8 heteroatoms. The third-order valence-electron chi connectivity index (χ3n) is 7.56. The molecule has 3 aromatic carbocycles. The van der Waals surface area contributed by atoms with E-state index < -0.39 is 0 Å². The number of benzene rings is 3. The molecule has 0 N–H and O–H groups in total. The summed E-state index contributed by atoms with van der Waals surface area (Å²) in [5.41, 5.74) is 4.88. The molecule has 0 spiro atoms. The van der Waals surface area contributed by atoms with E-state index in [4.69, 9.17) is 24.3 Å². The molecule has 2 heterocycles. The van der Waals surface area contributed by atoms with Crippen molar-refractivity contribution >= 4 is 22.8 Å². The predicted molar refractivity (Wildman–Crippen MR) is 165 cm³/mol. The second-order valence-electron chi connectivity index (χ2n) is 10.6. The second-order valence-corrected chi connectivity index (χ2v) is 10.6. The fourth-order valence-corrected chi connectivity index (χ4v) is 5.41. The highest BCUT2D eigenvalue weighted by molar-refractivity contribution is 5.87. The number of ether oxygens (including phenoxy) is 3. The summed E-state index contributed by atoms with van der Waals surface area (Å²) in [5, 5.41) is 5.22. The Hall–Kier alpha value is -4.33. The van der Waals surface area contributed by atoms with E-state index in [0.29, 0.717) is 34.6 Å². The Morgan fingerprint density at radius 3 is 2.41 bits per heavy atom. The van der Waals surface area contributed by atoms with Crippen LogP contribution in [0.2, 0.25) is 0 Å². The lowest BCUT2D eigenvalue weighted by atomic mass is 9.96. The summed E-state index contributed by atoms with van der Waals surface area (Å²) in [6, 6.07) is 15.3. The van der Waals surface area contributed by atoms with Crippen molar-refractivity contribution in [2.24, 2.45) is 5.10 Å². The van der Waals surface area contributed by atoms with Crippen LogP contribution in [-0.4, -0.2) is 49.8 Å². The van der Waals surface area contributed by atoms with Gasteiger partial charge in [-0.05, 0) is 74.1 Å². The van der Waals surface area contributed by atoms with Gasteiger partial charge in [0.25, 0.3) is 5.56 Å². The number of anilines is 1. The van der Waals surface area contributed by atoms with Gasteiger partial charge in [-0.1, -0.05) is 26.0 Å². The highest BCUT2D eigenvalue weighted by Crippen LogP contribution is 2.37. The van der Waals surface area contributed by atoms with Crippen LogP contribution in [0.4, 0.5) is 5.69 Å². The van der Waals surface area contributed by atoms with Crippen molar-refractivity contribution in [1.29, 1.82) is 0 Å². The Morgan fingerprint density at radius 2 is 1.73 bits per heavy atom. The van der Waals surface area contributed by atoms with Gasteiger partial charge in [0.1, 0.15) is 17.2 Å². The Morgan fingerprint density at radius 1 is 1.00 bits per heavy atom. The predicted octanol–water partition coefficient (Wildman–Crippen LogP) is 6.39. The minimum absolute atomic E-state index is 0.214. The molecule has 1 fully saturated rings. The number of aromatic nitrogens is 2. The van der Waals surface area contributed by atoms with E-state index in [0.717, 1.165) is 59.8 Å². The number of hydrogen-bond donors (Lipinski definition) is 0. The average molecular weight is 555 g/mol. The van der Waals surface area contributed by atoms with Crippen LogP contribution in [0.25, 0.3) is 22.3 Å². The lowest BCUT2D eigenvalue weighted by Gasteiger charge is -2.22. The molecule has 5 rings (SSSR count). The molecule has 0 unspecified atom stereocenters. The quantitative estimate of drug-likeness (QED) is 0.223. The summed E-state index contributed by atoms with van der Waals surface area (Å²) in [5.74, 6) is 2.91. The average Bonchev–Trinajstić information content (AvgIpc) is 3.51. The molecule has 0 aliphatic carbocycles. The van der Waals surface area contributed by atoms with Gasteiger partial charge in [-0.15, -0.1) is 0 Å². The van der Waals surface area contributed by atoms with Crippen LogP contribution in [-0.2, 0) is 0 Å². The van der Waals surface area contributed by atoms with Crippen molar-refractivity contribution in [2.75, 3.05) is 38.8 Å². The smallest absolute Gasteiger partial charge is 0.282 e. The van der Waals surface area contributed by atoms with Crippen molar-refractivity contribution in [3.63, 3.8) is 0 Å². The molecule has 4 aromatic rings. The molecule has 41 heavy (non-hydrogen) atoms. The fourth-order valence-electron chi connectivity index (χ4n) is 5.41. The summed E-state index contributed by atoms with van der Waals surface area (Å²) < 4.78 is 18.8. The largest absolute Gasteiger partial charge is 0.496 e. The lowest BCUT2D eigenvalue weighted by Crippen LogP contribution is -2.21. The third kappa shape index (κ3) is 5.51. The molecule has 1 saturated heterocycles. The van der Waals surface area contributed by atoms with E-state index in [1.165, 1.54) is 4.68 Å². The highest BCUT2D eigenvalue weighted by Gasteiger charge is 2.21. The summed E-state index contributed by atoms with van der Waals surface area (Å²) in [7, 11) is 3.30. The minimum atomic E-state index is -0.249. The maximum absolute atomic E-state index is 13.9. The van der Waals surface area contributed by atoms with E-state index in [9.17, 15) is 4.79 Å². The zero-order valence-corrected chi connectivity index (χ0v) is 24.7. The Labute approximate surface area is 241 Å². The first kappa shape index (κ1) is 28.2. The first-order chi connectivity index (χ1) is 19.9. The van der Waals surface area contributed by atoms with Crippen LogP contribution in [0.3, 0.4) is 0 Å². The van der Waals surface area contributed by atoms with Gasteiger partial charge in [-0.25, -0.2) is 4.98 Å². The van der Waals surface area contributed by atoms with Crippen LogP contribution < -0.4 is 24.7 Å². The normalized spacial score (nSPS) is 13.5. The van der Waals surface area contributed by atoms with Gasteiger partial charge in [0.2, 0.25) is 0 Å². The zero-order chi connectivity index (χ0) is 29.1. The van der Waals surface area contributed by atoms with Gasteiger partial charge in [-0.2, -0.15) is 9.78 Å². The number of para-hydroxylation sites is 1. The van der Waals surface area contributed by atoms with Gasteiger partial charge in [-0.3, -0.25) is 4.79 Å². The van der Waals surface area contributed by atoms with Crippen LogP contribution in [0, 0.1) is 6.92 Å². The molecule has 1 aliphatic heterocycles. The molecule has 0 radical (unpaired) electrons. The van der Waals surface area contributed by atoms with Gasteiger partial charge in [0.05, 0.1) is 43.6 Å². The minimum Gasteiger partial charge on any atom is -0.496 e. The Kier molecular flexibility index (Phi) is 8.28. The molecular formula is C33H38N4O4. The second kappa shape index (κ2) is 12.0. The summed E-state index contributed by atoms with van der Waals surface area (Å²) in [4.78, 5) is 21.1. The van der Waals surface area contributed by atoms with E-state index in [1.54, 1.807) is 26.5 Å². The molecule has 0 amide bonds. The van der Waals surface area contributed by atoms with Gasteiger partial charge in [0.15, 0.2) is 5.82 Å². The van der Waals surface area contributed by atoms with E-state index >= 15 is 0 Å². The first-order valence-corrected chi connectivity index (χ1v) is 14.2. The number of fused-ring (bicyclic) bond motifs is 1. The summed E-state index contributed by atoms with van der Waals surface area (Å²) in [6.45, 7) is 10.8. The van der Waals surface area contributed by atoms with Gasteiger partial charge < -0.3 is 19.1 Å². The number of nitrogens with zero attached hydrogens (tertiary/aromatic N) is 4.